The monoisotopic (exact) mass is 345 g/mol. The molecule has 2 aromatic rings. The third kappa shape index (κ3) is 3.29. The summed E-state index contributed by atoms with van der Waals surface area (Å²) in [6.07, 6.45) is 0.983. The lowest BCUT2D eigenvalue weighted by Gasteiger charge is -2.31. The quantitative estimate of drug-likeness (QED) is 0.853. The van der Waals surface area contributed by atoms with Crippen molar-refractivity contribution in [3.05, 3.63) is 59.7 Å². The second-order valence-corrected chi connectivity index (χ2v) is 6.30. The number of para-hydroxylation sites is 2. The van der Waals surface area contributed by atoms with E-state index in [1.54, 1.807) is 17.0 Å². The first kappa shape index (κ1) is 15.9. The second kappa shape index (κ2) is 6.35. The number of benzene rings is 2. The highest BCUT2D eigenvalue weighted by atomic mass is 19.1. The average Bonchev–Trinajstić information content (AvgIpc) is 3.45. The zero-order valence-electron chi connectivity index (χ0n) is 13.5. The summed E-state index contributed by atoms with van der Waals surface area (Å²) in [7, 11) is 0. The van der Waals surface area contributed by atoms with Crippen LogP contribution in [0.3, 0.4) is 0 Å². The summed E-state index contributed by atoms with van der Waals surface area (Å²) in [6, 6.07) is 10.6. The molecule has 2 aromatic carbocycles. The number of ether oxygens (including phenoxy) is 2. The fourth-order valence-electron chi connectivity index (χ4n) is 2.93. The van der Waals surface area contributed by atoms with Gasteiger partial charge in [-0.05, 0) is 31.0 Å². The molecule has 4 rings (SSSR count). The van der Waals surface area contributed by atoms with Crippen LogP contribution >= 0.6 is 0 Å². The van der Waals surface area contributed by atoms with E-state index in [0.29, 0.717) is 17.1 Å². The van der Waals surface area contributed by atoms with Crippen molar-refractivity contribution >= 4 is 5.91 Å². The molecule has 0 aromatic heterocycles. The standard InChI is InChI=1S/C19H17F2NO3/c20-13-6-5-12(15(21)9-13)10-22(14-7-8-14)19(23)18-11-24-16-3-1-2-4-17(16)25-18/h1-6,9,14,18H,7-8,10-11H2. The molecule has 1 atom stereocenters. The van der Waals surface area contributed by atoms with Crippen molar-refractivity contribution in [1.29, 1.82) is 0 Å². The third-order valence-electron chi connectivity index (χ3n) is 4.41. The minimum absolute atomic E-state index is 0.0673. The van der Waals surface area contributed by atoms with Crippen LogP contribution in [0.5, 0.6) is 11.5 Å². The highest BCUT2D eigenvalue weighted by molar-refractivity contribution is 5.82. The van der Waals surface area contributed by atoms with Gasteiger partial charge >= 0.3 is 0 Å². The summed E-state index contributed by atoms with van der Waals surface area (Å²) in [5.74, 6) is -0.388. The molecule has 1 fully saturated rings. The molecule has 6 heteroatoms. The van der Waals surface area contributed by atoms with E-state index >= 15 is 0 Å². The van der Waals surface area contributed by atoms with Crippen molar-refractivity contribution in [1.82, 2.24) is 4.90 Å². The van der Waals surface area contributed by atoms with Crippen LogP contribution in [-0.4, -0.2) is 29.6 Å². The average molecular weight is 345 g/mol. The van der Waals surface area contributed by atoms with Gasteiger partial charge in [-0.3, -0.25) is 4.79 Å². The molecule has 1 heterocycles. The second-order valence-electron chi connectivity index (χ2n) is 6.30. The normalized spacial score (nSPS) is 18.7. The molecule has 2 aliphatic rings. The molecule has 0 bridgehead atoms. The Morgan fingerprint density at radius 3 is 2.60 bits per heavy atom. The maximum atomic E-state index is 14.0. The van der Waals surface area contributed by atoms with Gasteiger partial charge in [-0.1, -0.05) is 18.2 Å². The minimum atomic E-state index is -0.765. The number of carbonyl (C=O) groups is 1. The Hall–Kier alpha value is -2.63. The van der Waals surface area contributed by atoms with Gasteiger partial charge in [0.25, 0.3) is 5.91 Å². The molecule has 1 amide bonds. The Labute approximate surface area is 144 Å². The van der Waals surface area contributed by atoms with Crippen molar-refractivity contribution < 1.29 is 23.0 Å². The van der Waals surface area contributed by atoms with E-state index in [2.05, 4.69) is 0 Å². The van der Waals surface area contributed by atoms with Crippen LogP contribution in [0.15, 0.2) is 42.5 Å². The molecule has 1 saturated carbocycles. The molecule has 0 radical (unpaired) electrons. The van der Waals surface area contributed by atoms with Gasteiger partial charge in [-0.25, -0.2) is 8.78 Å². The maximum absolute atomic E-state index is 14.0. The maximum Gasteiger partial charge on any atom is 0.267 e. The van der Waals surface area contributed by atoms with Gasteiger partial charge in [0.2, 0.25) is 6.10 Å². The van der Waals surface area contributed by atoms with Gasteiger partial charge in [-0.2, -0.15) is 0 Å². The molecule has 130 valence electrons. The third-order valence-corrected chi connectivity index (χ3v) is 4.41. The van der Waals surface area contributed by atoms with Crippen LogP contribution in [0.25, 0.3) is 0 Å². The lowest BCUT2D eigenvalue weighted by molar-refractivity contribution is -0.142. The number of carbonyl (C=O) groups excluding carboxylic acids is 1. The first-order chi connectivity index (χ1) is 12.1. The molecular weight excluding hydrogens is 328 g/mol. The molecule has 0 N–H and O–H groups in total. The highest BCUT2D eigenvalue weighted by Gasteiger charge is 2.39. The zero-order chi connectivity index (χ0) is 17.4. The van der Waals surface area contributed by atoms with Gasteiger partial charge in [0.1, 0.15) is 18.2 Å². The molecule has 1 aliphatic heterocycles. The summed E-state index contributed by atoms with van der Waals surface area (Å²) in [5, 5.41) is 0. The molecule has 0 spiro atoms. The SMILES string of the molecule is O=C(C1COc2ccccc2O1)N(Cc1ccc(F)cc1F)C1CC1. The van der Waals surface area contributed by atoms with Crippen molar-refractivity contribution in [2.24, 2.45) is 0 Å². The molecule has 25 heavy (non-hydrogen) atoms. The number of hydrogen-bond donors (Lipinski definition) is 0. The summed E-state index contributed by atoms with van der Waals surface area (Å²) in [6.45, 7) is 0.210. The molecule has 1 unspecified atom stereocenters. The molecule has 4 nitrogen and oxygen atoms in total. The van der Waals surface area contributed by atoms with Crippen LogP contribution in [0.2, 0.25) is 0 Å². The van der Waals surface area contributed by atoms with Crippen LogP contribution in [0.4, 0.5) is 8.78 Å². The summed E-state index contributed by atoms with van der Waals surface area (Å²) >= 11 is 0. The fourth-order valence-corrected chi connectivity index (χ4v) is 2.93. The number of rotatable bonds is 4. The van der Waals surface area contributed by atoms with E-state index in [-0.39, 0.29) is 25.1 Å². The van der Waals surface area contributed by atoms with E-state index in [1.165, 1.54) is 12.1 Å². The van der Waals surface area contributed by atoms with E-state index < -0.39 is 17.7 Å². The molecule has 1 aliphatic carbocycles. The van der Waals surface area contributed by atoms with Gasteiger partial charge < -0.3 is 14.4 Å². The topological polar surface area (TPSA) is 38.8 Å². The van der Waals surface area contributed by atoms with Crippen molar-refractivity contribution in [3.63, 3.8) is 0 Å². The Morgan fingerprint density at radius 2 is 1.88 bits per heavy atom. The Kier molecular flexibility index (Phi) is 4.03. The lowest BCUT2D eigenvalue weighted by atomic mass is 10.1. The predicted molar refractivity (Wildman–Crippen MR) is 86.3 cm³/mol. The number of halogens is 2. The molecular formula is C19H17F2NO3. The van der Waals surface area contributed by atoms with Crippen molar-refractivity contribution in [3.8, 4) is 11.5 Å². The van der Waals surface area contributed by atoms with Crippen molar-refractivity contribution in [2.45, 2.75) is 31.5 Å². The summed E-state index contributed by atoms with van der Waals surface area (Å²) in [5.41, 5.74) is 0.291. The Bertz CT molecular complexity index is 807. The summed E-state index contributed by atoms with van der Waals surface area (Å²) in [4.78, 5) is 14.5. The smallest absolute Gasteiger partial charge is 0.267 e. The summed E-state index contributed by atoms with van der Waals surface area (Å²) < 4.78 is 38.4. The number of hydrogen-bond acceptors (Lipinski definition) is 3. The van der Waals surface area contributed by atoms with Gasteiger partial charge in [0.05, 0.1) is 0 Å². The van der Waals surface area contributed by atoms with Gasteiger partial charge in [-0.15, -0.1) is 0 Å². The van der Waals surface area contributed by atoms with Crippen LogP contribution in [0.1, 0.15) is 18.4 Å². The van der Waals surface area contributed by atoms with Crippen LogP contribution in [-0.2, 0) is 11.3 Å². The van der Waals surface area contributed by atoms with Gasteiger partial charge in [0.15, 0.2) is 11.5 Å². The zero-order valence-corrected chi connectivity index (χ0v) is 13.5. The van der Waals surface area contributed by atoms with Gasteiger partial charge in [0, 0.05) is 24.2 Å². The van der Waals surface area contributed by atoms with E-state index in [1.807, 2.05) is 12.1 Å². The minimum Gasteiger partial charge on any atom is -0.485 e. The van der Waals surface area contributed by atoms with Crippen molar-refractivity contribution in [2.75, 3.05) is 6.61 Å². The largest absolute Gasteiger partial charge is 0.485 e. The van der Waals surface area contributed by atoms with Crippen LogP contribution < -0.4 is 9.47 Å². The van der Waals surface area contributed by atoms with E-state index in [0.717, 1.165) is 18.9 Å². The highest BCUT2D eigenvalue weighted by Crippen LogP contribution is 2.34. The molecule has 0 saturated heterocycles. The number of nitrogens with zero attached hydrogens (tertiary/aromatic N) is 1. The van der Waals surface area contributed by atoms with E-state index in [9.17, 15) is 13.6 Å². The lowest BCUT2D eigenvalue weighted by Crippen LogP contribution is -2.47. The first-order valence-electron chi connectivity index (χ1n) is 8.25. The Balaban J connectivity index is 1.52. The number of amides is 1. The number of fused-ring (bicyclic) bond motifs is 1. The van der Waals surface area contributed by atoms with E-state index in [4.69, 9.17) is 9.47 Å². The Morgan fingerprint density at radius 1 is 1.12 bits per heavy atom. The first-order valence-corrected chi connectivity index (χ1v) is 8.25. The predicted octanol–water partition coefficient (Wildman–Crippen LogP) is 3.30. The van der Waals surface area contributed by atoms with Crippen LogP contribution in [0, 0.1) is 11.6 Å². The fraction of sp³-hybridized carbons (Fsp3) is 0.316.